The van der Waals surface area contributed by atoms with Crippen molar-refractivity contribution < 1.29 is 24.3 Å². The Hall–Kier alpha value is -1.14. The fraction of sp³-hybridized carbons (Fsp3) is 0.600. The van der Waals surface area contributed by atoms with Crippen molar-refractivity contribution in [2.75, 3.05) is 20.3 Å². The second-order valence-corrected chi connectivity index (χ2v) is 1.45. The van der Waals surface area contributed by atoms with Gasteiger partial charge in [0.1, 0.15) is 6.61 Å². The van der Waals surface area contributed by atoms with Crippen LogP contribution < -0.4 is 5.48 Å². The predicted molar refractivity (Wildman–Crippen MR) is 33.2 cm³/mol. The van der Waals surface area contributed by atoms with Crippen molar-refractivity contribution >= 4 is 11.9 Å². The SMILES string of the molecule is CNOC(=O)C(=O)OCCO. The number of aliphatic hydroxyl groups is 1. The quantitative estimate of drug-likeness (QED) is 0.290. The number of esters is 1. The normalized spacial score (nSPS) is 8.91. The molecule has 0 aromatic heterocycles. The average molecular weight is 163 g/mol. The van der Waals surface area contributed by atoms with E-state index in [4.69, 9.17) is 5.11 Å². The summed E-state index contributed by atoms with van der Waals surface area (Å²) in [5, 5.41) is 8.18. The Morgan fingerprint density at radius 3 is 2.55 bits per heavy atom. The van der Waals surface area contributed by atoms with E-state index in [1.165, 1.54) is 7.05 Å². The van der Waals surface area contributed by atoms with Crippen LogP contribution in [0.5, 0.6) is 0 Å². The van der Waals surface area contributed by atoms with E-state index in [1.807, 2.05) is 5.48 Å². The van der Waals surface area contributed by atoms with Crippen LogP contribution in [-0.4, -0.2) is 37.3 Å². The van der Waals surface area contributed by atoms with Crippen LogP contribution in [0, 0.1) is 0 Å². The zero-order valence-corrected chi connectivity index (χ0v) is 5.99. The van der Waals surface area contributed by atoms with Gasteiger partial charge in [-0.25, -0.2) is 9.59 Å². The molecule has 11 heavy (non-hydrogen) atoms. The fourth-order valence-electron chi connectivity index (χ4n) is 0.332. The number of hydrogen-bond acceptors (Lipinski definition) is 6. The maximum Gasteiger partial charge on any atom is 0.436 e. The summed E-state index contributed by atoms with van der Waals surface area (Å²) in [4.78, 5) is 24.9. The van der Waals surface area contributed by atoms with Crippen molar-refractivity contribution in [3.8, 4) is 0 Å². The van der Waals surface area contributed by atoms with Crippen LogP contribution in [0.4, 0.5) is 0 Å². The molecule has 0 aromatic rings. The summed E-state index contributed by atoms with van der Waals surface area (Å²) in [6, 6.07) is 0. The highest BCUT2D eigenvalue weighted by Crippen LogP contribution is 1.80. The minimum Gasteiger partial charge on any atom is -0.455 e. The first kappa shape index (κ1) is 9.86. The zero-order chi connectivity index (χ0) is 8.69. The Bertz CT molecular complexity index is 146. The van der Waals surface area contributed by atoms with Gasteiger partial charge in [-0.05, 0) is 0 Å². The molecule has 0 aliphatic rings. The number of nitrogens with one attached hydrogen (secondary N) is 1. The molecular formula is C5H9NO5. The molecule has 0 bridgehead atoms. The second-order valence-electron chi connectivity index (χ2n) is 1.45. The highest BCUT2D eigenvalue weighted by molar-refractivity contribution is 6.29. The van der Waals surface area contributed by atoms with E-state index in [9.17, 15) is 9.59 Å². The second kappa shape index (κ2) is 5.63. The van der Waals surface area contributed by atoms with Crippen molar-refractivity contribution in [2.24, 2.45) is 0 Å². The van der Waals surface area contributed by atoms with E-state index < -0.39 is 11.9 Å². The Labute approximate surface area is 63.0 Å². The Balaban J connectivity index is 3.56. The molecule has 0 fully saturated rings. The standard InChI is InChI=1S/C5H9NO5/c1-6-11-5(9)4(8)10-3-2-7/h6-7H,2-3H2,1H3. The van der Waals surface area contributed by atoms with E-state index in [0.717, 1.165) is 0 Å². The summed E-state index contributed by atoms with van der Waals surface area (Å²) >= 11 is 0. The fourth-order valence-corrected chi connectivity index (χ4v) is 0.332. The highest BCUT2D eigenvalue weighted by Gasteiger charge is 2.16. The molecular weight excluding hydrogens is 154 g/mol. The number of carbonyl (C=O) groups excluding carboxylic acids is 2. The molecule has 6 heteroatoms. The monoisotopic (exact) mass is 163 g/mol. The van der Waals surface area contributed by atoms with Crippen LogP contribution in [-0.2, 0) is 19.2 Å². The Kier molecular flexibility index (Phi) is 5.05. The van der Waals surface area contributed by atoms with Crippen LogP contribution >= 0.6 is 0 Å². The van der Waals surface area contributed by atoms with Gasteiger partial charge in [0.25, 0.3) is 0 Å². The summed E-state index contributed by atoms with van der Waals surface area (Å²) < 4.78 is 4.20. The van der Waals surface area contributed by atoms with Gasteiger partial charge in [-0.2, -0.15) is 5.48 Å². The third kappa shape index (κ3) is 4.29. The molecule has 0 aromatic carbocycles. The number of rotatable bonds is 3. The van der Waals surface area contributed by atoms with E-state index in [0.29, 0.717) is 0 Å². The van der Waals surface area contributed by atoms with Gasteiger partial charge in [0.05, 0.1) is 6.61 Å². The molecule has 0 heterocycles. The molecule has 0 amide bonds. The molecule has 6 nitrogen and oxygen atoms in total. The molecule has 64 valence electrons. The average Bonchev–Trinajstić information content (AvgIpc) is 2.00. The minimum absolute atomic E-state index is 0.211. The summed E-state index contributed by atoms with van der Waals surface area (Å²) in [5.41, 5.74) is 2.01. The van der Waals surface area contributed by atoms with Crippen molar-refractivity contribution in [2.45, 2.75) is 0 Å². The van der Waals surface area contributed by atoms with E-state index in [2.05, 4.69) is 9.57 Å². The van der Waals surface area contributed by atoms with E-state index >= 15 is 0 Å². The first-order chi connectivity index (χ1) is 5.22. The molecule has 0 aliphatic heterocycles. The van der Waals surface area contributed by atoms with Gasteiger partial charge in [0.2, 0.25) is 0 Å². The molecule has 0 saturated carbocycles. The number of hydroxylamine groups is 1. The molecule has 2 N–H and O–H groups in total. The third-order valence-electron chi connectivity index (χ3n) is 0.686. The van der Waals surface area contributed by atoms with Crippen molar-refractivity contribution in [3.63, 3.8) is 0 Å². The maximum absolute atomic E-state index is 10.4. The summed E-state index contributed by atoms with van der Waals surface area (Å²) in [5.74, 6) is -2.27. The van der Waals surface area contributed by atoms with E-state index in [-0.39, 0.29) is 13.2 Å². The first-order valence-corrected chi connectivity index (χ1v) is 2.88. The van der Waals surface area contributed by atoms with Crippen LogP contribution in [0.1, 0.15) is 0 Å². The van der Waals surface area contributed by atoms with Crippen LogP contribution in [0.3, 0.4) is 0 Å². The van der Waals surface area contributed by atoms with Gasteiger partial charge in [-0.3, -0.25) is 0 Å². The first-order valence-electron chi connectivity index (χ1n) is 2.88. The largest absolute Gasteiger partial charge is 0.455 e. The lowest BCUT2D eigenvalue weighted by atomic mass is 10.7. The molecule has 0 atom stereocenters. The molecule has 0 aliphatic carbocycles. The lowest BCUT2D eigenvalue weighted by Gasteiger charge is -2.00. The van der Waals surface area contributed by atoms with Gasteiger partial charge in [-0.1, -0.05) is 0 Å². The van der Waals surface area contributed by atoms with Crippen LogP contribution in [0.2, 0.25) is 0 Å². The van der Waals surface area contributed by atoms with Crippen molar-refractivity contribution in [1.82, 2.24) is 5.48 Å². The van der Waals surface area contributed by atoms with Gasteiger partial charge in [0.15, 0.2) is 0 Å². The molecule has 0 radical (unpaired) electrons. The van der Waals surface area contributed by atoms with Crippen LogP contribution in [0.25, 0.3) is 0 Å². The Morgan fingerprint density at radius 1 is 1.45 bits per heavy atom. The minimum atomic E-state index is -1.14. The third-order valence-corrected chi connectivity index (χ3v) is 0.686. The molecule has 0 unspecified atom stereocenters. The van der Waals surface area contributed by atoms with Crippen molar-refractivity contribution in [1.29, 1.82) is 0 Å². The van der Waals surface area contributed by atoms with Gasteiger partial charge < -0.3 is 14.7 Å². The Morgan fingerprint density at radius 2 is 2.09 bits per heavy atom. The lowest BCUT2D eigenvalue weighted by Crippen LogP contribution is -2.26. The topological polar surface area (TPSA) is 84.9 Å². The smallest absolute Gasteiger partial charge is 0.436 e. The number of hydrogen-bond donors (Lipinski definition) is 2. The molecule has 0 rings (SSSR count). The van der Waals surface area contributed by atoms with Gasteiger partial charge in [-0.15, -0.1) is 0 Å². The van der Waals surface area contributed by atoms with Crippen molar-refractivity contribution in [3.05, 3.63) is 0 Å². The lowest BCUT2D eigenvalue weighted by molar-refractivity contribution is -0.172. The summed E-state index contributed by atoms with van der Waals surface area (Å²) in [7, 11) is 1.33. The van der Waals surface area contributed by atoms with Crippen LogP contribution in [0.15, 0.2) is 0 Å². The predicted octanol–water partition coefficient (Wildman–Crippen LogP) is -1.80. The molecule has 0 spiro atoms. The molecule has 0 saturated heterocycles. The highest BCUT2D eigenvalue weighted by atomic mass is 16.7. The summed E-state index contributed by atoms with van der Waals surface area (Å²) in [6.45, 7) is -0.532. The summed E-state index contributed by atoms with van der Waals surface area (Å²) in [6.07, 6.45) is 0. The number of ether oxygens (including phenoxy) is 1. The maximum atomic E-state index is 10.4. The number of carbonyl (C=O) groups is 2. The number of aliphatic hydroxyl groups excluding tert-OH is 1. The van der Waals surface area contributed by atoms with Gasteiger partial charge >= 0.3 is 11.9 Å². The van der Waals surface area contributed by atoms with E-state index in [1.54, 1.807) is 0 Å². The van der Waals surface area contributed by atoms with Gasteiger partial charge in [0, 0.05) is 7.05 Å². The zero-order valence-electron chi connectivity index (χ0n) is 5.99.